The van der Waals surface area contributed by atoms with E-state index in [0.717, 1.165) is 13.2 Å². The van der Waals surface area contributed by atoms with E-state index in [1.54, 1.807) is 13.8 Å². The van der Waals surface area contributed by atoms with Crippen molar-refractivity contribution in [2.24, 2.45) is 0 Å². The quantitative estimate of drug-likeness (QED) is 0.743. The number of aromatic nitrogens is 1. The number of carboxylic acids is 1. The normalized spacial score (nSPS) is 13.2. The summed E-state index contributed by atoms with van der Waals surface area (Å²) >= 11 is 0. The Balaban J connectivity index is 3.18. The fraction of sp³-hybridized carbons (Fsp3) is 0.500. The summed E-state index contributed by atoms with van der Waals surface area (Å²) in [5.41, 5.74) is -0.143. The van der Waals surface area contributed by atoms with E-state index < -0.39 is 28.0 Å². The fourth-order valence-electron chi connectivity index (χ4n) is 1.73. The SMILES string of the molecule is COC(=O)[C@H](C)NS(=O)(=O)c1cc(C(=O)O)n(C(C)C)c1. The van der Waals surface area contributed by atoms with Crippen molar-refractivity contribution in [2.75, 3.05) is 7.11 Å². The van der Waals surface area contributed by atoms with Crippen LogP contribution >= 0.6 is 0 Å². The molecule has 0 aliphatic carbocycles. The molecule has 0 aromatic carbocycles. The number of carbonyl (C=O) groups is 2. The number of esters is 1. The molecular formula is C12H18N2O6S. The van der Waals surface area contributed by atoms with Gasteiger partial charge in [-0.25, -0.2) is 13.2 Å². The number of rotatable bonds is 6. The lowest BCUT2D eigenvalue weighted by molar-refractivity contribution is -0.142. The van der Waals surface area contributed by atoms with Gasteiger partial charge < -0.3 is 14.4 Å². The second-order valence-corrected chi connectivity index (χ2v) is 6.45. The van der Waals surface area contributed by atoms with Crippen molar-refractivity contribution in [2.45, 2.75) is 37.8 Å². The van der Waals surface area contributed by atoms with Crippen LogP contribution in [0.1, 0.15) is 37.3 Å². The molecule has 1 aromatic heterocycles. The van der Waals surface area contributed by atoms with E-state index in [1.807, 2.05) is 0 Å². The molecule has 0 spiro atoms. The van der Waals surface area contributed by atoms with Crippen LogP contribution in [0.4, 0.5) is 0 Å². The minimum absolute atomic E-state index is 0.143. The number of ether oxygens (including phenoxy) is 1. The number of nitrogens with zero attached hydrogens (tertiary/aromatic N) is 1. The highest BCUT2D eigenvalue weighted by molar-refractivity contribution is 7.89. The van der Waals surface area contributed by atoms with Crippen LogP contribution < -0.4 is 4.72 Å². The van der Waals surface area contributed by atoms with E-state index in [0.29, 0.717) is 0 Å². The molecule has 0 radical (unpaired) electrons. The van der Waals surface area contributed by atoms with E-state index in [4.69, 9.17) is 5.11 Å². The van der Waals surface area contributed by atoms with Gasteiger partial charge in [0.25, 0.3) is 0 Å². The largest absolute Gasteiger partial charge is 0.477 e. The lowest BCUT2D eigenvalue weighted by Crippen LogP contribution is -2.38. The maximum Gasteiger partial charge on any atom is 0.352 e. The van der Waals surface area contributed by atoms with Crippen LogP contribution in [0.5, 0.6) is 0 Å². The zero-order chi connectivity index (χ0) is 16.4. The van der Waals surface area contributed by atoms with E-state index in [1.165, 1.54) is 17.7 Å². The Bertz CT molecular complexity index is 647. The fourth-order valence-corrected chi connectivity index (χ4v) is 2.94. The maximum absolute atomic E-state index is 12.1. The molecule has 0 saturated carbocycles. The van der Waals surface area contributed by atoms with E-state index >= 15 is 0 Å². The number of sulfonamides is 1. The number of methoxy groups -OCH3 is 1. The number of hydrogen-bond donors (Lipinski definition) is 2. The topological polar surface area (TPSA) is 115 Å². The summed E-state index contributed by atoms with van der Waals surface area (Å²) in [7, 11) is -2.87. The molecule has 2 N–H and O–H groups in total. The molecule has 0 saturated heterocycles. The highest BCUT2D eigenvalue weighted by Gasteiger charge is 2.26. The second-order valence-electron chi connectivity index (χ2n) is 4.73. The number of hydrogen-bond acceptors (Lipinski definition) is 5. The van der Waals surface area contributed by atoms with Gasteiger partial charge in [0.05, 0.1) is 7.11 Å². The molecule has 0 aliphatic heterocycles. The average molecular weight is 318 g/mol. The van der Waals surface area contributed by atoms with Crippen LogP contribution in [0.15, 0.2) is 17.2 Å². The number of aromatic carboxylic acids is 1. The van der Waals surface area contributed by atoms with Crippen molar-refractivity contribution in [3.8, 4) is 0 Å². The van der Waals surface area contributed by atoms with Crippen LogP contribution in [-0.2, 0) is 19.6 Å². The zero-order valence-electron chi connectivity index (χ0n) is 12.2. The summed E-state index contributed by atoms with van der Waals surface area (Å²) in [5, 5.41) is 9.09. The lowest BCUT2D eigenvalue weighted by atomic mass is 10.3. The second kappa shape index (κ2) is 6.27. The van der Waals surface area contributed by atoms with Gasteiger partial charge in [0.1, 0.15) is 16.6 Å². The third kappa shape index (κ3) is 3.82. The Labute approximate surface area is 122 Å². The van der Waals surface area contributed by atoms with Gasteiger partial charge in [-0.15, -0.1) is 0 Å². The average Bonchev–Trinajstić information content (AvgIpc) is 2.83. The van der Waals surface area contributed by atoms with Gasteiger partial charge in [0.15, 0.2) is 0 Å². The summed E-state index contributed by atoms with van der Waals surface area (Å²) in [5.74, 6) is -1.97. The van der Waals surface area contributed by atoms with Crippen molar-refractivity contribution < 1.29 is 27.9 Å². The molecule has 1 rings (SSSR count). The van der Waals surface area contributed by atoms with Gasteiger partial charge >= 0.3 is 11.9 Å². The van der Waals surface area contributed by atoms with Gasteiger partial charge in [-0.2, -0.15) is 4.72 Å². The van der Waals surface area contributed by atoms with Crippen LogP contribution in [0.3, 0.4) is 0 Å². The third-order valence-corrected chi connectivity index (χ3v) is 4.30. The highest BCUT2D eigenvalue weighted by Crippen LogP contribution is 2.19. The summed E-state index contributed by atoms with van der Waals surface area (Å²) in [6.45, 7) is 4.79. The van der Waals surface area contributed by atoms with E-state index in [2.05, 4.69) is 9.46 Å². The molecule has 8 nitrogen and oxygen atoms in total. The molecule has 1 heterocycles. The molecule has 118 valence electrons. The minimum atomic E-state index is -4.02. The van der Waals surface area contributed by atoms with Crippen LogP contribution in [0.25, 0.3) is 0 Å². The van der Waals surface area contributed by atoms with Crippen LogP contribution in [0.2, 0.25) is 0 Å². The van der Waals surface area contributed by atoms with Crippen LogP contribution in [-0.4, -0.2) is 43.2 Å². The first-order valence-corrected chi connectivity index (χ1v) is 7.63. The molecule has 0 unspecified atom stereocenters. The Morgan fingerprint density at radius 2 is 1.90 bits per heavy atom. The summed E-state index contributed by atoms with van der Waals surface area (Å²) in [6.07, 6.45) is 1.22. The smallest absolute Gasteiger partial charge is 0.352 e. The van der Waals surface area contributed by atoms with Crippen molar-refractivity contribution >= 4 is 22.0 Å². The molecule has 1 atom stereocenters. The molecular weight excluding hydrogens is 300 g/mol. The first-order valence-electron chi connectivity index (χ1n) is 6.15. The van der Waals surface area contributed by atoms with E-state index in [-0.39, 0.29) is 16.6 Å². The monoisotopic (exact) mass is 318 g/mol. The van der Waals surface area contributed by atoms with Gasteiger partial charge in [-0.05, 0) is 26.8 Å². The summed E-state index contributed by atoms with van der Waals surface area (Å²) in [4.78, 5) is 22.2. The standard InChI is InChI=1S/C12H18N2O6S/c1-7(2)14-6-9(5-10(14)11(15)16)21(18,19)13-8(3)12(17)20-4/h5-8,13H,1-4H3,(H,15,16)/t8-/m0/s1. The third-order valence-electron chi connectivity index (χ3n) is 2.80. The van der Waals surface area contributed by atoms with Crippen molar-refractivity contribution in [3.05, 3.63) is 18.0 Å². The zero-order valence-corrected chi connectivity index (χ0v) is 13.0. The predicted molar refractivity (Wildman–Crippen MR) is 73.6 cm³/mol. The Morgan fingerprint density at radius 3 is 2.29 bits per heavy atom. The number of nitrogens with one attached hydrogen (secondary N) is 1. The van der Waals surface area contributed by atoms with Gasteiger partial charge in [-0.3, -0.25) is 4.79 Å². The van der Waals surface area contributed by atoms with Crippen molar-refractivity contribution in [3.63, 3.8) is 0 Å². The van der Waals surface area contributed by atoms with Crippen LogP contribution in [0, 0.1) is 0 Å². The molecule has 1 aromatic rings. The van der Waals surface area contributed by atoms with Crippen molar-refractivity contribution in [1.82, 2.24) is 9.29 Å². The lowest BCUT2D eigenvalue weighted by Gasteiger charge is -2.11. The Morgan fingerprint density at radius 1 is 1.33 bits per heavy atom. The van der Waals surface area contributed by atoms with Gasteiger partial charge in [0.2, 0.25) is 10.0 Å². The number of carbonyl (C=O) groups excluding carboxylic acids is 1. The van der Waals surface area contributed by atoms with Crippen molar-refractivity contribution in [1.29, 1.82) is 0 Å². The maximum atomic E-state index is 12.1. The Hall–Kier alpha value is -1.87. The molecule has 0 bridgehead atoms. The van der Waals surface area contributed by atoms with Gasteiger partial charge in [0, 0.05) is 12.2 Å². The molecule has 9 heteroatoms. The molecule has 21 heavy (non-hydrogen) atoms. The summed E-state index contributed by atoms with van der Waals surface area (Å²) < 4.78 is 32.2. The first-order chi connectivity index (χ1) is 9.60. The predicted octanol–water partition coefficient (Wildman–Crippen LogP) is 0.607. The highest BCUT2D eigenvalue weighted by atomic mass is 32.2. The first kappa shape index (κ1) is 17.2. The Kier molecular flexibility index (Phi) is 5.13. The molecule has 0 aliphatic rings. The minimum Gasteiger partial charge on any atom is -0.477 e. The summed E-state index contributed by atoms with van der Waals surface area (Å²) in [6, 6.07) is -0.247. The number of carboxylic acid groups (broad SMARTS) is 1. The molecule has 0 amide bonds. The van der Waals surface area contributed by atoms with Gasteiger partial charge in [-0.1, -0.05) is 0 Å². The molecule has 0 fully saturated rings. The van der Waals surface area contributed by atoms with E-state index in [9.17, 15) is 18.0 Å².